The highest BCUT2D eigenvalue weighted by molar-refractivity contribution is 5.72. The zero-order valence-corrected chi connectivity index (χ0v) is 9.90. The highest BCUT2D eigenvalue weighted by Gasteiger charge is 2.16. The molecule has 17 heavy (non-hydrogen) atoms. The molecule has 2 rings (SSSR count). The molecule has 1 unspecified atom stereocenters. The highest BCUT2D eigenvalue weighted by Crippen LogP contribution is 2.13. The zero-order valence-electron chi connectivity index (χ0n) is 9.90. The first kappa shape index (κ1) is 11.9. The number of nitrogens with one attached hydrogen (secondary N) is 2. The van der Waals surface area contributed by atoms with Crippen LogP contribution in [0.1, 0.15) is 18.9 Å². The average molecular weight is 235 g/mol. The van der Waals surface area contributed by atoms with E-state index in [0.717, 1.165) is 17.9 Å². The van der Waals surface area contributed by atoms with Crippen LogP contribution in [0.3, 0.4) is 0 Å². The molecule has 0 saturated carbocycles. The number of ether oxygens (including phenoxy) is 1. The standard InChI is InChI=1S/C12H17N3O2/c1-9(16)15-6-10-4-12(7-13-5-10)17-8-11-2-3-14-11/h4-5,7,11,14H,2-3,6,8H2,1H3,(H,15,16). The Morgan fingerprint density at radius 1 is 1.65 bits per heavy atom. The lowest BCUT2D eigenvalue weighted by Gasteiger charge is -2.27. The van der Waals surface area contributed by atoms with E-state index in [1.54, 1.807) is 12.4 Å². The fraction of sp³-hybridized carbons (Fsp3) is 0.500. The third-order valence-corrected chi connectivity index (χ3v) is 2.69. The maximum Gasteiger partial charge on any atom is 0.217 e. The summed E-state index contributed by atoms with van der Waals surface area (Å²) < 4.78 is 5.62. The van der Waals surface area contributed by atoms with Gasteiger partial charge in [-0.1, -0.05) is 0 Å². The predicted octanol–water partition coefficient (Wildman–Crippen LogP) is 0.458. The van der Waals surface area contributed by atoms with Gasteiger partial charge in [0.15, 0.2) is 0 Å². The van der Waals surface area contributed by atoms with Crippen molar-refractivity contribution in [2.24, 2.45) is 0 Å². The summed E-state index contributed by atoms with van der Waals surface area (Å²) in [7, 11) is 0. The van der Waals surface area contributed by atoms with Gasteiger partial charge in [0.1, 0.15) is 12.4 Å². The quantitative estimate of drug-likeness (QED) is 0.778. The van der Waals surface area contributed by atoms with Crippen LogP contribution in [0, 0.1) is 0 Å². The Morgan fingerprint density at radius 2 is 2.47 bits per heavy atom. The maximum absolute atomic E-state index is 10.8. The summed E-state index contributed by atoms with van der Waals surface area (Å²) in [4.78, 5) is 14.9. The fourth-order valence-electron chi connectivity index (χ4n) is 1.55. The molecule has 1 aromatic heterocycles. The van der Waals surface area contributed by atoms with Crippen LogP contribution in [0.25, 0.3) is 0 Å². The van der Waals surface area contributed by atoms with Gasteiger partial charge in [-0.2, -0.15) is 0 Å². The number of carbonyl (C=O) groups excluding carboxylic acids is 1. The molecular weight excluding hydrogens is 218 g/mol. The molecule has 92 valence electrons. The molecule has 5 heteroatoms. The molecule has 5 nitrogen and oxygen atoms in total. The molecular formula is C12H17N3O2. The van der Waals surface area contributed by atoms with Crippen molar-refractivity contribution in [3.05, 3.63) is 24.0 Å². The number of rotatable bonds is 5. The minimum absolute atomic E-state index is 0.0463. The third-order valence-electron chi connectivity index (χ3n) is 2.69. The minimum atomic E-state index is -0.0463. The summed E-state index contributed by atoms with van der Waals surface area (Å²) in [5.74, 6) is 0.705. The van der Waals surface area contributed by atoms with Crippen LogP contribution in [-0.2, 0) is 11.3 Å². The molecule has 1 aromatic rings. The number of aromatic nitrogens is 1. The number of amides is 1. The molecule has 0 aromatic carbocycles. The normalized spacial score (nSPS) is 18.3. The van der Waals surface area contributed by atoms with Crippen LogP contribution < -0.4 is 15.4 Å². The molecule has 1 atom stereocenters. The number of carbonyl (C=O) groups is 1. The largest absolute Gasteiger partial charge is 0.490 e. The van der Waals surface area contributed by atoms with E-state index in [2.05, 4.69) is 15.6 Å². The van der Waals surface area contributed by atoms with E-state index in [1.165, 1.54) is 13.3 Å². The van der Waals surface area contributed by atoms with Crippen LogP contribution in [0.15, 0.2) is 18.5 Å². The molecule has 2 N–H and O–H groups in total. The monoisotopic (exact) mass is 235 g/mol. The van der Waals surface area contributed by atoms with Crippen LogP contribution >= 0.6 is 0 Å². The van der Waals surface area contributed by atoms with Crippen molar-refractivity contribution in [1.29, 1.82) is 0 Å². The summed E-state index contributed by atoms with van der Waals surface area (Å²) in [6.45, 7) is 3.73. The Labute approximate surface area is 101 Å². The molecule has 0 bridgehead atoms. The van der Waals surface area contributed by atoms with Crippen molar-refractivity contribution in [3.8, 4) is 5.75 Å². The Hall–Kier alpha value is -1.62. The average Bonchev–Trinajstić information content (AvgIpc) is 2.25. The van der Waals surface area contributed by atoms with Crippen LogP contribution in [0.5, 0.6) is 5.75 Å². The Kier molecular flexibility index (Phi) is 3.93. The van der Waals surface area contributed by atoms with Crippen molar-refractivity contribution >= 4 is 5.91 Å². The number of nitrogens with zero attached hydrogens (tertiary/aromatic N) is 1. The van der Waals surface area contributed by atoms with Crippen molar-refractivity contribution in [3.63, 3.8) is 0 Å². The van der Waals surface area contributed by atoms with Gasteiger partial charge in [-0.25, -0.2) is 0 Å². The summed E-state index contributed by atoms with van der Waals surface area (Å²) in [5.41, 5.74) is 0.944. The van der Waals surface area contributed by atoms with Crippen molar-refractivity contribution in [2.45, 2.75) is 25.9 Å². The Balaban J connectivity index is 1.84. The molecule has 1 amide bonds. The highest BCUT2D eigenvalue weighted by atomic mass is 16.5. The van der Waals surface area contributed by atoms with Gasteiger partial charge in [0.25, 0.3) is 0 Å². The van der Waals surface area contributed by atoms with E-state index in [1.807, 2.05) is 6.07 Å². The number of hydrogen-bond donors (Lipinski definition) is 2. The topological polar surface area (TPSA) is 63.2 Å². The summed E-state index contributed by atoms with van der Waals surface area (Å²) >= 11 is 0. The summed E-state index contributed by atoms with van der Waals surface area (Å²) in [6.07, 6.45) is 4.58. The van der Waals surface area contributed by atoms with Crippen molar-refractivity contribution in [1.82, 2.24) is 15.6 Å². The van der Waals surface area contributed by atoms with Gasteiger partial charge in [0, 0.05) is 25.7 Å². The third kappa shape index (κ3) is 3.71. The van der Waals surface area contributed by atoms with Gasteiger partial charge in [0.05, 0.1) is 6.20 Å². The summed E-state index contributed by atoms with van der Waals surface area (Å²) in [5, 5.41) is 6.00. The van der Waals surface area contributed by atoms with Gasteiger partial charge in [0.2, 0.25) is 5.91 Å². The fourth-order valence-corrected chi connectivity index (χ4v) is 1.55. The van der Waals surface area contributed by atoms with E-state index >= 15 is 0 Å². The Morgan fingerprint density at radius 3 is 3.12 bits per heavy atom. The van der Waals surface area contributed by atoms with Crippen LogP contribution in [0.4, 0.5) is 0 Å². The second-order valence-electron chi connectivity index (χ2n) is 4.19. The van der Waals surface area contributed by atoms with E-state index < -0.39 is 0 Å². The number of hydrogen-bond acceptors (Lipinski definition) is 4. The van der Waals surface area contributed by atoms with Gasteiger partial charge in [-0.3, -0.25) is 9.78 Å². The second-order valence-corrected chi connectivity index (χ2v) is 4.19. The van der Waals surface area contributed by atoms with E-state index in [0.29, 0.717) is 19.2 Å². The van der Waals surface area contributed by atoms with E-state index in [9.17, 15) is 4.79 Å². The second kappa shape index (κ2) is 5.63. The van der Waals surface area contributed by atoms with Gasteiger partial charge < -0.3 is 15.4 Å². The molecule has 2 heterocycles. The maximum atomic E-state index is 10.8. The minimum Gasteiger partial charge on any atom is -0.490 e. The summed E-state index contributed by atoms with van der Waals surface area (Å²) in [6, 6.07) is 2.37. The zero-order chi connectivity index (χ0) is 12.1. The van der Waals surface area contributed by atoms with Crippen LogP contribution in [0.2, 0.25) is 0 Å². The van der Waals surface area contributed by atoms with Gasteiger partial charge >= 0.3 is 0 Å². The molecule has 1 aliphatic rings. The lowest BCUT2D eigenvalue weighted by atomic mass is 10.1. The first-order chi connectivity index (χ1) is 8.24. The molecule has 1 aliphatic heterocycles. The van der Waals surface area contributed by atoms with Crippen molar-refractivity contribution in [2.75, 3.05) is 13.2 Å². The molecule has 0 spiro atoms. The van der Waals surface area contributed by atoms with E-state index in [4.69, 9.17) is 4.74 Å². The SMILES string of the molecule is CC(=O)NCc1cncc(OCC2CCN2)c1. The van der Waals surface area contributed by atoms with Crippen molar-refractivity contribution < 1.29 is 9.53 Å². The Bertz CT molecular complexity index is 391. The first-order valence-corrected chi connectivity index (χ1v) is 5.78. The molecule has 0 aliphatic carbocycles. The first-order valence-electron chi connectivity index (χ1n) is 5.78. The lowest BCUT2D eigenvalue weighted by molar-refractivity contribution is -0.119. The van der Waals surface area contributed by atoms with Gasteiger partial charge in [-0.05, 0) is 24.6 Å². The molecule has 1 fully saturated rings. The number of pyridine rings is 1. The smallest absolute Gasteiger partial charge is 0.217 e. The van der Waals surface area contributed by atoms with E-state index in [-0.39, 0.29) is 5.91 Å². The lowest BCUT2D eigenvalue weighted by Crippen LogP contribution is -2.46. The molecule has 1 saturated heterocycles. The predicted molar refractivity (Wildman–Crippen MR) is 63.7 cm³/mol. The van der Waals surface area contributed by atoms with Gasteiger partial charge in [-0.15, -0.1) is 0 Å². The molecule has 0 radical (unpaired) electrons. The van der Waals surface area contributed by atoms with Crippen LogP contribution in [-0.4, -0.2) is 30.1 Å².